The average Bonchev–Trinajstić information content (AvgIpc) is 2.77. The third kappa shape index (κ3) is 3.13. The molecule has 3 heterocycles. The van der Waals surface area contributed by atoms with Gasteiger partial charge in [0.15, 0.2) is 8.32 Å². The second kappa shape index (κ2) is 6.04. The first-order valence-corrected chi connectivity index (χ1v) is 11.8. The Labute approximate surface area is 152 Å². The Morgan fingerprint density at radius 1 is 1.52 bits per heavy atom. The molecule has 25 heavy (non-hydrogen) atoms. The zero-order valence-electron chi connectivity index (χ0n) is 15.1. The van der Waals surface area contributed by atoms with E-state index in [1.165, 1.54) is 4.57 Å². The van der Waals surface area contributed by atoms with Gasteiger partial charge in [-0.2, -0.15) is 9.37 Å². The van der Waals surface area contributed by atoms with E-state index in [-0.39, 0.29) is 29.6 Å². The number of halogens is 2. The lowest BCUT2D eigenvalue weighted by Gasteiger charge is -2.42. The first kappa shape index (κ1) is 18.8. The summed E-state index contributed by atoms with van der Waals surface area (Å²) in [5.41, 5.74) is -1.80. The molecule has 0 aromatic carbocycles. The lowest BCUT2D eigenvalue weighted by molar-refractivity contribution is -0.0901. The summed E-state index contributed by atoms with van der Waals surface area (Å²) in [5, 5.41) is 0.0320. The molecule has 0 amide bonds. The molecule has 140 valence electrons. The number of hydrogen-bond acceptors (Lipinski definition) is 5. The van der Waals surface area contributed by atoms with Crippen LogP contribution in [0, 0.1) is 5.82 Å². The molecule has 3 rings (SSSR count). The van der Waals surface area contributed by atoms with Gasteiger partial charge in [-0.25, -0.2) is 0 Å². The summed E-state index contributed by atoms with van der Waals surface area (Å²) in [6.45, 7) is 10.9. The Balaban J connectivity index is 1.96. The van der Waals surface area contributed by atoms with Crippen LogP contribution >= 0.6 is 11.6 Å². The average molecular weight is 391 g/mol. The molecule has 2 aliphatic heterocycles. The number of hydrogen-bond donors (Lipinski definition) is 0. The van der Waals surface area contributed by atoms with Crippen molar-refractivity contribution in [3.63, 3.8) is 0 Å². The standard InChI is InChI=1S/C16H24ClFN2O4Si/c1-15(2,3)25(4,5)24-11-6-12-20-7-10(18)13(21)19-14(20)22-9-16(11,8-17)23-12/h7,11-12H,6,8-9H2,1-5H3/t11?,12-,16-/m1/s1. The van der Waals surface area contributed by atoms with Gasteiger partial charge in [-0.15, -0.1) is 11.6 Å². The quantitative estimate of drug-likeness (QED) is 0.586. The highest BCUT2D eigenvalue weighted by atomic mass is 35.5. The van der Waals surface area contributed by atoms with Crippen molar-refractivity contribution in [2.45, 2.75) is 63.3 Å². The normalized spacial score (nSPS) is 29.1. The number of ether oxygens (including phenoxy) is 2. The lowest BCUT2D eigenvalue weighted by atomic mass is 10.00. The van der Waals surface area contributed by atoms with E-state index in [2.05, 4.69) is 38.8 Å². The molecule has 1 aromatic heterocycles. The van der Waals surface area contributed by atoms with E-state index in [1.54, 1.807) is 0 Å². The van der Waals surface area contributed by atoms with E-state index in [0.717, 1.165) is 6.20 Å². The van der Waals surface area contributed by atoms with E-state index in [0.29, 0.717) is 6.42 Å². The minimum atomic E-state index is -2.06. The molecule has 6 nitrogen and oxygen atoms in total. The van der Waals surface area contributed by atoms with Crippen molar-refractivity contribution in [3.8, 4) is 6.01 Å². The number of rotatable bonds is 3. The molecular formula is C16H24ClFN2O4Si. The highest BCUT2D eigenvalue weighted by molar-refractivity contribution is 6.74. The van der Waals surface area contributed by atoms with Crippen molar-refractivity contribution >= 4 is 19.9 Å². The molecule has 0 radical (unpaired) electrons. The molecule has 9 heteroatoms. The SMILES string of the molecule is CC(C)(C)[Si](C)(C)OC1C[C@H]2O[C@]1(CCl)COc1nc(=O)c(F)cn12. The van der Waals surface area contributed by atoms with Crippen molar-refractivity contribution in [2.24, 2.45) is 0 Å². The van der Waals surface area contributed by atoms with Gasteiger partial charge in [-0.3, -0.25) is 9.36 Å². The fourth-order valence-corrected chi connectivity index (χ4v) is 4.55. The first-order chi connectivity index (χ1) is 11.5. The summed E-state index contributed by atoms with van der Waals surface area (Å²) in [5.74, 6) is -0.771. The number of aromatic nitrogens is 2. The zero-order chi connectivity index (χ0) is 18.6. The molecule has 0 N–H and O–H groups in total. The monoisotopic (exact) mass is 390 g/mol. The Morgan fingerprint density at radius 3 is 2.80 bits per heavy atom. The van der Waals surface area contributed by atoms with Crippen LogP contribution < -0.4 is 10.3 Å². The highest BCUT2D eigenvalue weighted by Gasteiger charge is 2.55. The summed E-state index contributed by atoms with van der Waals surface area (Å²) in [7, 11) is -2.06. The van der Waals surface area contributed by atoms with E-state index in [1.807, 2.05) is 0 Å². The second-order valence-corrected chi connectivity index (χ2v) is 13.3. The summed E-state index contributed by atoms with van der Waals surface area (Å²) in [4.78, 5) is 15.1. The van der Waals surface area contributed by atoms with Crippen LogP contribution in [0.3, 0.4) is 0 Å². The number of alkyl halides is 1. The molecule has 1 fully saturated rings. The number of nitrogens with zero attached hydrogens (tertiary/aromatic N) is 2. The van der Waals surface area contributed by atoms with Gasteiger partial charge in [0.25, 0.3) is 0 Å². The Kier molecular flexibility index (Phi) is 4.55. The van der Waals surface area contributed by atoms with Crippen LogP contribution in [0.4, 0.5) is 4.39 Å². The van der Waals surface area contributed by atoms with Crippen LogP contribution in [0.2, 0.25) is 18.1 Å². The van der Waals surface area contributed by atoms with Crippen LogP contribution in [0.5, 0.6) is 6.01 Å². The molecule has 0 aliphatic carbocycles. The van der Waals surface area contributed by atoms with Crippen LogP contribution in [-0.2, 0) is 9.16 Å². The van der Waals surface area contributed by atoms with E-state index >= 15 is 0 Å². The molecule has 2 aliphatic rings. The maximum Gasteiger partial charge on any atom is 0.311 e. The highest BCUT2D eigenvalue weighted by Crippen LogP contribution is 2.47. The van der Waals surface area contributed by atoms with Crippen LogP contribution in [0.15, 0.2) is 11.0 Å². The summed E-state index contributed by atoms with van der Waals surface area (Å²) >= 11 is 6.24. The van der Waals surface area contributed by atoms with Gasteiger partial charge in [0.2, 0.25) is 5.82 Å². The third-order valence-corrected chi connectivity index (χ3v) is 10.4. The third-order valence-electron chi connectivity index (χ3n) is 5.47. The van der Waals surface area contributed by atoms with Gasteiger partial charge in [0.1, 0.15) is 18.4 Å². The lowest BCUT2D eigenvalue weighted by Crippen LogP contribution is -2.54. The fraction of sp³-hybridized carbons (Fsp3) is 0.750. The van der Waals surface area contributed by atoms with Crippen molar-refractivity contribution in [1.29, 1.82) is 0 Å². The molecule has 2 bridgehead atoms. The van der Waals surface area contributed by atoms with Gasteiger partial charge in [-0.1, -0.05) is 20.8 Å². The smallest absolute Gasteiger partial charge is 0.311 e. The summed E-state index contributed by atoms with van der Waals surface area (Å²) in [6, 6.07) is 0.0502. The maximum absolute atomic E-state index is 13.7. The maximum atomic E-state index is 13.7. The van der Waals surface area contributed by atoms with Gasteiger partial charge in [0, 0.05) is 6.42 Å². The van der Waals surface area contributed by atoms with Crippen molar-refractivity contribution in [1.82, 2.24) is 9.55 Å². The molecule has 1 aromatic rings. The molecule has 3 atom stereocenters. The Bertz CT molecular complexity index is 736. The molecule has 0 spiro atoms. The summed E-state index contributed by atoms with van der Waals surface area (Å²) < 4.78 is 33.5. The van der Waals surface area contributed by atoms with Gasteiger partial charge >= 0.3 is 11.6 Å². The minimum absolute atomic E-state index is 0.0320. The summed E-state index contributed by atoms with van der Waals surface area (Å²) in [6.07, 6.45) is 0.772. The Hall–Kier alpha value is -0.963. The van der Waals surface area contributed by atoms with Crippen molar-refractivity contribution in [2.75, 3.05) is 12.5 Å². The molecule has 1 unspecified atom stereocenters. The second-order valence-electron chi connectivity index (χ2n) is 8.25. The van der Waals surface area contributed by atoms with E-state index in [9.17, 15) is 9.18 Å². The van der Waals surface area contributed by atoms with Crippen molar-refractivity contribution < 1.29 is 18.3 Å². The van der Waals surface area contributed by atoms with Crippen molar-refractivity contribution in [3.05, 3.63) is 22.4 Å². The topological polar surface area (TPSA) is 62.6 Å². The Morgan fingerprint density at radius 2 is 2.20 bits per heavy atom. The first-order valence-electron chi connectivity index (χ1n) is 8.32. The predicted octanol–water partition coefficient (Wildman–Crippen LogP) is 3.06. The van der Waals surface area contributed by atoms with Gasteiger partial charge in [-0.05, 0) is 18.1 Å². The minimum Gasteiger partial charge on any atom is -0.461 e. The van der Waals surface area contributed by atoms with E-state index in [4.69, 9.17) is 25.5 Å². The van der Waals surface area contributed by atoms with Gasteiger partial charge in [0.05, 0.1) is 18.2 Å². The fourth-order valence-electron chi connectivity index (χ4n) is 2.86. The number of fused-ring (bicyclic) bond motifs is 4. The molecule has 1 saturated heterocycles. The van der Waals surface area contributed by atoms with Crippen LogP contribution in [0.1, 0.15) is 33.4 Å². The predicted molar refractivity (Wildman–Crippen MR) is 94.2 cm³/mol. The van der Waals surface area contributed by atoms with Crippen LogP contribution in [-0.4, -0.2) is 42.1 Å². The van der Waals surface area contributed by atoms with Crippen LogP contribution in [0.25, 0.3) is 0 Å². The molecule has 0 saturated carbocycles. The zero-order valence-corrected chi connectivity index (χ0v) is 16.9. The largest absolute Gasteiger partial charge is 0.461 e. The molecular weight excluding hydrogens is 367 g/mol. The van der Waals surface area contributed by atoms with E-state index < -0.39 is 31.5 Å². The van der Waals surface area contributed by atoms with Gasteiger partial charge < -0.3 is 13.9 Å².